The van der Waals surface area contributed by atoms with E-state index in [-0.39, 0.29) is 11.9 Å². The molecule has 0 bridgehead atoms. The van der Waals surface area contributed by atoms with Crippen molar-refractivity contribution in [3.05, 3.63) is 88.5 Å². The minimum atomic E-state index is 0.0971. The van der Waals surface area contributed by atoms with Crippen LogP contribution < -0.4 is 0 Å². The van der Waals surface area contributed by atoms with Crippen LogP contribution in [0, 0.1) is 0 Å². The third kappa shape index (κ3) is 4.91. The molecule has 2 aromatic rings. The van der Waals surface area contributed by atoms with Gasteiger partial charge in [-0.1, -0.05) is 61.5 Å². The summed E-state index contributed by atoms with van der Waals surface area (Å²) in [7, 11) is 0. The molecule has 0 spiro atoms. The van der Waals surface area contributed by atoms with Crippen molar-refractivity contribution in [3.63, 3.8) is 0 Å². The van der Waals surface area contributed by atoms with E-state index in [0.717, 1.165) is 30.4 Å². The fourth-order valence-electron chi connectivity index (χ4n) is 3.35. The minimum Gasteiger partial charge on any atom is -0.508 e. The first-order valence-corrected chi connectivity index (χ1v) is 9.70. The van der Waals surface area contributed by atoms with Crippen LogP contribution in [0.2, 0.25) is 5.02 Å². The van der Waals surface area contributed by atoms with E-state index >= 15 is 0 Å². The molecule has 0 saturated carbocycles. The fourth-order valence-corrected chi connectivity index (χ4v) is 3.58. The van der Waals surface area contributed by atoms with E-state index in [1.54, 1.807) is 12.1 Å². The standard InChI is InChI=1S/C24H25ClO2/c1-3-17(2)22-13-14-27-24(22)12-10-19(18-7-5-4-6-8-18)15-20-9-11-21(26)16-23(20)25/h4-9,11,13,15-16,24,26H,2-3,10,12,14H2,1H3/b19-15-. The highest BCUT2D eigenvalue weighted by Crippen LogP contribution is 2.32. The lowest BCUT2D eigenvalue weighted by Gasteiger charge is -2.17. The number of hydrogen-bond donors (Lipinski definition) is 1. The van der Waals surface area contributed by atoms with Gasteiger partial charge in [-0.15, -0.1) is 0 Å². The van der Waals surface area contributed by atoms with Gasteiger partial charge >= 0.3 is 0 Å². The summed E-state index contributed by atoms with van der Waals surface area (Å²) in [4.78, 5) is 0. The zero-order chi connectivity index (χ0) is 19.2. The van der Waals surface area contributed by atoms with Gasteiger partial charge < -0.3 is 9.84 Å². The van der Waals surface area contributed by atoms with Gasteiger partial charge in [0.05, 0.1) is 17.7 Å². The molecular weight excluding hydrogens is 356 g/mol. The van der Waals surface area contributed by atoms with Crippen LogP contribution in [-0.2, 0) is 4.74 Å². The highest BCUT2D eigenvalue weighted by Gasteiger charge is 2.21. The number of rotatable bonds is 7. The van der Waals surface area contributed by atoms with Gasteiger partial charge in [0.2, 0.25) is 0 Å². The molecule has 0 fully saturated rings. The molecule has 1 aliphatic rings. The summed E-state index contributed by atoms with van der Waals surface area (Å²) < 4.78 is 5.92. The number of benzene rings is 2. The first-order valence-electron chi connectivity index (χ1n) is 9.32. The number of halogens is 1. The normalized spacial score (nSPS) is 17.0. The monoisotopic (exact) mass is 380 g/mol. The predicted molar refractivity (Wildman–Crippen MR) is 114 cm³/mol. The first kappa shape index (κ1) is 19.5. The molecule has 3 heteroatoms. The lowest BCUT2D eigenvalue weighted by Crippen LogP contribution is -2.11. The predicted octanol–water partition coefficient (Wildman–Crippen LogP) is 6.66. The summed E-state index contributed by atoms with van der Waals surface area (Å²) in [6.45, 7) is 6.96. The molecule has 1 unspecified atom stereocenters. The maximum atomic E-state index is 9.60. The smallest absolute Gasteiger partial charge is 0.117 e. The number of hydrogen-bond acceptors (Lipinski definition) is 2. The van der Waals surface area contributed by atoms with Gasteiger partial charge in [-0.25, -0.2) is 0 Å². The number of aromatic hydroxyl groups is 1. The van der Waals surface area contributed by atoms with Gasteiger partial charge in [0.15, 0.2) is 0 Å². The van der Waals surface area contributed by atoms with E-state index in [2.05, 4.69) is 37.8 Å². The molecule has 2 nitrogen and oxygen atoms in total. The number of allylic oxidation sites excluding steroid dienone is 1. The Labute approximate surface area is 166 Å². The Balaban J connectivity index is 1.84. The van der Waals surface area contributed by atoms with Crippen molar-refractivity contribution in [3.8, 4) is 5.75 Å². The van der Waals surface area contributed by atoms with Crippen LogP contribution >= 0.6 is 11.6 Å². The molecule has 27 heavy (non-hydrogen) atoms. The van der Waals surface area contributed by atoms with E-state index in [9.17, 15) is 5.11 Å². The summed E-state index contributed by atoms with van der Waals surface area (Å²) in [5, 5.41) is 10.1. The van der Waals surface area contributed by atoms with Crippen LogP contribution in [0.25, 0.3) is 11.6 Å². The van der Waals surface area contributed by atoms with Crippen LogP contribution in [0.15, 0.2) is 72.3 Å². The maximum absolute atomic E-state index is 9.60. The second-order valence-corrected chi connectivity index (χ2v) is 7.13. The first-order chi connectivity index (χ1) is 13.1. The zero-order valence-electron chi connectivity index (χ0n) is 15.6. The fraction of sp³-hybridized carbons (Fsp3) is 0.250. The number of ether oxygens (including phenoxy) is 1. The van der Waals surface area contributed by atoms with E-state index < -0.39 is 0 Å². The molecule has 3 rings (SSSR count). The zero-order valence-corrected chi connectivity index (χ0v) is 16.4. The van der Waals surface area contributed by atoms with Crippen molar-refractivity contribution < 1.29 is 9.84 Å². The topological polar surface area (TPSA) is 29.5 Å². The lowest BCUT2D eigenvalue weighted by molar-refractivity contribution is 0.117. The average Bonchev–Trinajstić information content (AvgIpc) is 3.15. The van der Waals surface area contributed by atoms with Crippen molar-refractivity contribution in [2.24, 2.45) is 0 Å². The lowest BCUT2D eigenvalue weighted by atomic mass is 9.93. The van der Waals surface area contributed by atoms with E-state index in [1.807, 2.05) is 24.3 Å². The largest absolute Gasteiger partial charge is 0.508 e. The molecule has 0 saturated heterocycles. The van der Waals surface area contributed by atoms with Crippen molar-refractivity contribution >= 4 is 23.3 Å². The van der Waals surface area contributed by atoms with Crippen molar-refractivity contribution in [2.45, 2.75) is 32.3 Å². The third-order valence-electron chi connectivity index (χ3n) is 4.92. The maximum Gasteiger partial charge on any atom is 0.117 e. The van der Waals surface area contributed by atoms with Gasteiger partial charge in [0.25, 0.3) is 0 Å². The van der Waals surface area contributed by atoms with Crippen LogP contribution in [-0.4, -0.2) is 17.8 Å². The van der Waals surface area contributed by atoms with Gasteiger partial charge in [-0.05, 0) is 71.4 Å². The molecule has 0 amide bonds. The average molecular weight is 381 g/mol. The minimum absolute atomic E-state index is 0.0971. The highest BCUT2D eigenvalue weighted by molar-refractivity contribution is 6.32. The SMILES string of the molecule is C=C(CC)C1=CCOC1CC/C(=C/c1ccc(O)cc1Cl)c1ccccc1. The summed E-state index contributed by atoms with van der Waals surface area (Å²) >= 11 is 6.32. The van der Waals surface area contributed by atoms with Crippen LogP contribution in [0.1, 0.15) is 37.3 Å². The second-order valence-electron chi connectivity index (χ2n) is 6.72. The molecule has 0 aromatic heterocycles. The molecule has 0 aliphatic carbocycles. The quantitative estimate of drug-likeness (QED) is 0.544. The Morgan fingerprint density at radius 3 is 2.74 bits per heavy atom. The van der Waals surface area contributed by atoms with Crippen LogP contribution in [0.4, 0.5) is 0 Å². The van der Waals surface area contributed by atoms with Gasteiger partial charge in [0, 0.05) is 0 Å². The molecule has 2 aromatic carbocycles. The highest BCUT2D eigenvalue weighted by atomic mass is 35.5. The molecule has 1 N–H and O–H groups in total. The summed E-state index contributed by atoms with van der Waals surface area (Å²) in [6, 6.07) is 15.4. The molecule has 140 valence electrons. The van der Waals surface area contributed by atoms with E-state index in [4.69, 9.17) is 16.3 Å². The van der Waals surface area contributed by atoms with E-state index in [0.29, 0.717) is 11.6 Å². The van der Waals surface area contributed by atoms with Crippen molar-refractivity contribution in [1.82, 2.24) is 0 Å². The molecule has 1 heterocycles. The van der Waals surface area contributed by atoms with Gasteiger partial charge in [0.1, 0.15) is 5.75 Å². The summed E-state index contributed by atoms with van der Waals surface area (Å²) in [5.41, 5.74) is 5.66. The Morgan fingerprint density at radius 2 is 2.04 bits per heavy atom. The van der Waals surface area contributed by atoms with Crippen molar-refractivity contribution in [2.75, 3.05) is 6.61 Å². The second kappa shape index (κ2) is 9.07. The third-order valence-corrected chi connectivity index (χ3v) is 5.24. The Morgan fingerprint density at radius 1 is 1.26 bits per heavy atom. The Kier molecular flexibility index (Phi) is 6.54. The summed E-state index contributed by atoms with van der Waals surface area (Å²) in [6.07, 6.45) is 7.04. The summed E-state index contributed by atoms with van der Waals surface area (Å²) in [5.74, 6) is 0.172. The molecular formula is C24H25ClO2. The van der Waals surface area contributed by atoms with Crippen LogP contribution in [0.5, 0.6) is 5.75 Å². The Bertz CT molecular complexity index is 865. The molecule has 1 atom stereocenters. The molecule has 1 aliphatic heterocycles. The number of phenolic OH excluding ortho intramolecular Hbond substituents is 1. The van der Waals surface area contributed by atoms with Crippen LogP contribution in [0.3, 0.4) is 0 Å². The molecule has 0 radical (unpaired) electrons. The number of phenols is 1. The van der Waals surface area contributed by atoms with Gasteiger partial charge in [-0.2, -0.15) is 0 Å². The van der Waals surface area contributed by atoms with Gasteiger partial charge in [-0.3, -0.25) is 0 Å². The van der Waals surface area contributed by atoms with E-state index in [1.165, 1.54) is 16.7 Å². The Hall–Kier alpha value is -2.29. The van der Waals surface area contributed by atoms with Crippen molar-refractivity contribution in [1.29, 1.82) is 0 Å².